The van der Waals surface area contributed by atoms with Crippen molar-refractivity contribution in [3.8, 4) is 20.9 Å². The van der Waals surface area contributed by atoms with Gasteiger partial charge in [0.2, 0.25) is 0 Å². The Kier molecular flexibility index (Phi) is 16.1. The van der Waals surface area contributed by atoms with Gasteiger partial charge in [-0.2, -0.15) is 0 Å². The van der Waals surface area contributed by atoms with E-state index in [0.717, 1.165) is 0 Å². The maximum Gasteiger partial charge on any atom is 0.0345 e. The number of benzene rings is 3. The van der Waals surface area contributed by atoms with Crippen molar-refractivity contribution < 1.29 is 0 Å². The summed E-state index contributed by atoms with van der Waals surface area (Å²) in [4.78, 5) is 5.88. The Hall–Kier alpha value is -2.42. The molecule has 2 aromatic heterocycles. The van der Waals surface area contributed by atoms with Crippen LogP contribution in [0.3, 0.4) is 0 Å². The van der Waals surface area contributed by atoms with E-state index < -0.39 is 0 Å². The average Bonchev–Trinajstić information content (AvgIpc) is 3.80. The summed E-state index contributed by atoms with van der Waals surface area (Å²) in [6, 6.07) is 28.3. The fourth-order valence-corrected chi connectivity index (χ4v) is 9.38. The molecule has 0 saturated carbocycles. The molecule has 5 rings (SSSR count). The van der Waals surface area contributed by atoms with Crippen LogP contribution in [0.25, 0.3) is 42.4 Å². The van der Waals surface area contributed by atoms with Crippen molar-refractivity contribution in [2.24, 2.45) is 0 Å². The van der Waals surface area contributed by atoms with E-state index in [0.29, 0.717) is 0 Å². The molecule has 2 heteroatoms. The lowest BCUT2D eigenvalue weighted by molar-refractivity contribution is 0.557. The zero-order chi connectivity index (χ0) is 33.2. The molecular weight excluding hydrogens is 617 g/mol. The Balaban J connectivity index is 1.08. The number of thiophene rings is 2. The molecule has 0 aliphatic heterocycles. The van der Waals surface area contributed by atoms with E-state index >= 15 is 0 Å². The molecule has 0 saturated heterocycles. The summed E-state index contributed by atoms with van der Waals surface area (Å²) >= 11 is 3.98. The lowest BCUT2D eigenvalue weighted by Crippen LogP contribution is -1.84. The highest BCUT2D eigenvalue weighted by molar-refractivity contribution is 7.15. The molecule has 0 radical (unpaired) electrons. The highest BCUT2D eigenvalue weighted by Crippen LogP contribution is 2.36. The van der Waals surface area contributed by atoms with Crippen LogP contribution in [0.1, 0.15) is 152 Å². The minimum Gasteiger partial charge on any atom is -0.140 e. The predicted molar refractivity (Wildman–Crippen MR) is 219 cm³/mol. The zero-order valence-corrected chi connectivity index (χ0v) is 31.9. The summed E-state index contributed by atoms with van der Waals surface area (Å²) in [6.45, 7) is 4.60. The number of aryl methyl sites for hydroxylation is 2. The van der Waals surface area contributed by atoms with Gasteiger partial charge in [0.1, 0.15) is 0 Å². The van der Waals surface area contributed by atoms with E-state index in [1.807, 2.05) is 22.7 Å². The fourth-order valence-electron chi connectivity index (χ4n) is 7.29. The van der Waals surface area contributed by atoms with E-state index in [4.69, 9.17) is 0 Å². The molecule has 0 aliphatic rings. The van der Waals surface area contributed by atoms with Crippen LogP contribution < -0.4 is 0 Å². The Morgan fingerprint density at radius 1 is 0.354 bits per heavy atom. The van der Waals surface area contributed by atoms with Gasteiger partial charge >= 0.3 is 0 Å². The molecule has 48 heavy (non-hydrogen) atoms. The first-order valence-corrected chi connectivity index (χ1v) is 21.5. The summed E-state index contributed by atoms with van der Waals surface area (Å²) in [5.41, 5.74) is 2.71. The van der Waals surface area contributed by atoms with Gasteiger partial charge in [-0.1, -0.05) is 166 Å². The van der Waals surface area contributed by atoms with Crippen LogP contribution in [-0.4, -0.2) is 0 Å². The highest BCUT2D eigenvalue weighted by atomic mass is 32.1. The van der Waals surface area contributed by atoms with Gasteiger partial charge in [-0.25, -0.2) is 0 Å². The third-order valence-corrected chi connectivity index (χ3v) is 12.7. The quantitative estimate of drug-likeness (QED) is 0.0450. The molecule has 0 amide bonds. The van der Waals surface area contributed by atoms with Crippen LogP contribution >= 0.6 is 22.7 Å². The van der Waals surface area contributed by atoms with E-state index in [-0.39, 0.29) is 0 Å². The lowest BCUT2D eigenvalue weighted by Gasteiger charge is -2.08. The molecule has 0 fully saturated rings. The third-order valence-electron chi connectivity index (χ3n) is 10.3. The highest BCUT2D eigenvalue weighted by Gasteiger charge is 2.09. The number of hydrogen-bond donors (Lipinski definition) is 0. The number of rotatable bonds is 24. The second kappa shape index (κ2) is 20.9. The Morgan fingerprint density at radius 2 is 0.708 bits per heavy atom. The van der Waals surface area contributed by atoms with Crippen molar-refractivity contribution in [2.75, 3.05) is 0 Å². The smallest absolute Gasteiger partial charge is 0.0345 e. The minimum absolute atomic E-state index is 1.23. The second-order valence-electron chi connectivity index (χ2n) is 14.3. The van der Waals surface area contributed by atoms with Gasteiger partial charge in [0.25, 0.3) is 0 Å². The van der Waals surface area contributed by atoms with Crippen molar-refractivity contribution >= 4 is 44.2 Å². The average molecular weight is 679 g/mol. The topological polar surface area (TPSA) is 0 Å². The first-order chi connectivity index (χ1) is 23.7. The Bertz CT molecular complexity index is 1500. The normalized spacial score (nSPS) is 11.7. The Morgan fingerprint density at radius 3 is 1.08 bits per heavy atom. The van der Waals surface area contributed by atoms with Crippen molar-refractivity contribution in [1.82, 2.24) is 0 Å². The first-order valence-electron chi connectivity index (χ1n) is 19.9. The molecular formula is C46H62S2. The van der Waals surface area contributed by atoms with Gasteiger partial charge in [-0.05, 0) is 94.8 Å². The summed E-state index contributed by atoms with van der Waals surface area (Å²) in [5, 5.41) is 5.40. The number of unbranched alkanes of at least 4 members (excludes halogenated alkanes) is 18. The molecule has 0 unspecified atom stereocenters. The molecule has 0 N–H and O–H groups in total. The molecule has 0 atom stereocenters. The minimum atomic E-state index is 1.23. The fraction of sp³-hybridized carbons (Fsp3) is 0.522. The van der Waals surface area contributed by atoms with Gasteiger partial charge in [0.15, 0.2) is 0 Å². The van der Waals surface area contributed by atoms with Crippen LogP contribution in [0.5, 0.6) is 0 Å². The monoisotopic (exact) mass is 678 g/mol. The van der Waals surface area contributed by atoms with Crippen LogP contribution in [0, 0.1) is 0 Å². The molecule has 0 aliphatic carbocycles. The van der Waals surface area contributed by atoms with Gasteiger partial charge in [0, 0.05) is 19.5 Å². The van der Waals surface area contributed by atoms with Gasteiger partial charge in [0.05, 0.1) is 0 Å². The first kappa shape index (κ1) is 36.9. The molecule has 2 heterocycles. The van der Waals surface area contributed by atoms with Crippen molar-refractivity contribution in [3.05, 3.63) is 82.6 Å². The van der Waals surface area contributed by atoms with Gasteiger partial charge in [-0.15, -0.1) is 22.7 Å². The summed E-state index contributed by atoms with van der Waals surface area (Å²) in [7, 11) is 0. The molecule has 3 aromatic carbocycles. The van der Waals surface area contributed by atoms with Crippen LogP contribution in [0.4, 0.5) is 0 Å². The maximum atomic E-state index is 2.40. The molecule has 5 aromatic rings. The van der Waals surface area contributed by atoms with Crippen LogP contribution in [0.15, 0.2) is 72.8 Å². The molecule has 258 valence electrons. The second-order valence-corrected chi connectivity index (χ2v) is 16.7. The Labute approximate surface area is 301 Å². The van der Waals surface area contributed by atoms with Crippen LogP contribution in [-0.2, 0) is 12.8 Å². The standard InChI is InChI=1S/C46H62S2/c1-3-5-7-9-11-13-15-17-19-21-23-41-29-33-45(47-41)39-27-31-43-37(35-39)25-26-38-36-40(28-32-44(38)43)46-34-30-42(48-46)24-22-20-18-16-14-12-10-8-6-4-2/h25-36H,3-24H2,1-2H3. The molecule has 0 bridgehead atoms. The number of fused-ring (bicyclic) bond motifs is 3. The summed E-state index contributed by atoms with van der Waals surface area (Å²) in [5.74, 6) is 0. The third kappa shape index (κ3) is 11.6. The maximum absolute atomic E-state index is 2.40. The van der Waals surface area contributed by atoms with Gasteiger partial charge in [-0.3, -0.25) is 0 Å². The van der Waals surface area contributed by atoms with Gasteiger partial charge < -0.3 is 0 Å². The van der Waals surface area contributed by atoms with E-state index in [9.17, 15) is 0 Å². The lowest BCUT2D eigenvalue weighted by atomic mass is 9.98. The SMILES string of the molecule is CCCCCCCCCCCCc1ccc(-c2ccc3c(ccc4cc(-c5ccc(CCCCCCCCCCCC)s5)ccc43)c2)s1. The van der Waals surface area contributed by atoms with E-state index in [1.165, 1.54) is 193 Å². The van der Waals surface area contributed by atoms with Crippen molar-refractivity contribution in [3.63, 3.8) is 0 Å². The summed E-state index contributed by atoms with van der Waals surface area (Å²) in [6.07, 6.45) is 30.5. The molecule has 0 nitrogen and oxygen atoms in total. The largest absolute Gasteiger partial charge is 0.140 e. The van der Waals surface area contributed by atoms with Crippen LogP contribution in [0.2, 0.25) is 0 Å². The van der Waals surface area contributed by atoms with Crippen molar-refractivity contribution in [1.29, 1.82) is 0 Å². The number of hydrogen-bond acceptors (Lipinski definition) is 2. The van der Waals surface area contributed by atoms with E-state index in [2.05, 4.69) is 86.6 Å². The summed E-state index contributed by atoms with van der Waals surface area (Å²) < 4.78 is 0. The predicted octanol–water partition coefficient (Wildman–Crippen LogP) is 16.4. The molecule has 0 spiro atoms. The zero-order valence-electron chi connectivity index (χ0n) is 30.3. The van der Waals surface area contributed by atoms with E-state index in [1.54, 1.807) is 0 Å². The van der Waals surface area contributed by atoms with Crippen molar-refractivity contribution in [2.45, 2.75) is 155 Å².